The van der Waals surface area contributed by atoms with Gasteiger partial charge in [-0.25, -0.2) is 4.39 Å². The Morgan fingerprint density at radius 2 is 1.69 bits per heavy atom. The smallest absolute Gasteiger partial charge is 0.123 e. The second-order valence-corrected chi connectivity index (χ2v) is 3.21. The van der Waals surface area contributed by atoms with E-state index in [4.69, 9.17) is 0 Å². The third-order valence-corrected chi connectivity index (χ3v) is 2.31. The van der Waals surface area contributed by atoms with Crippen LogP contribution < -0.4 is 10.2 Å². The SMILES string of the molecule is [18F]c1ccc(N2CCNCC2)cc1. The normalized spacial score (nSPS) is 17.5. The summed E-state index contributed by atoms with van der Waals surface area (Å²) in [7, 11) is 0. The van der Waals surface area contributed by atoms with Crippen molar-refractivity contribution in [1.29, 1.82) is 0 Å². The van der Waals surface area contributed by atoms with Crippen molar-refractivity contribution in [3.8, 4) is 0 Å². The van der Waals surface area contributed by atoms with Crippen LogP contribution in [0.1, 0.15) is 0 Å². The molecule has 70 valence electrons. The van der Waals surface area contributed by atoms with E-state index in [1.165, 1.54) is 12.1 Å². The fourth-order valence-electron chi connectivity index (χ4n) is 1.57. The molecular weight excluding hydrogens is 166 g/mol. The van der Waals surface area contributed by atoms with E-state index in [2.05, 4.69) is 10.2 Å². The highest BCUT2D eigenvalue weighted by molar-refractivity contribution is 5.46. The molecule has 2 nitrogen and oxygen atoms in total. The van der Waals surface area contributed by atoms with Gasteiger partial charge in [0.05, 0.1) is 0 Å². The van der Waals surface area contributed by atoms with Crippen LogP contribution in [0.5, 0.6) is 0 Å². The maximum absolute atomic E-state index is 12.6. The monoisotopic (exact) mass is 179 g/mol. The van der Waals surface area contributed by atoms with E-state index in [1.54, 1.807) is 0 Å². The Balaban J connectivity index is 2.10. The average Bonchev–Trinajstić information content (AvgIpc) is 2.20. The van der Waals surface area contributed by atoms with Gasteiger partial charge in [-0.2, -0.15) is 0 Å². The van der Waals surface area contributed by atoms with Crippen molar-refractivity contribution < 1.29 is 4.39 Å². The fraction of sp³-hybridized carbons (Fsp3) is 0.400. The predicted molar refractivity (Wildman–Crippen MR) is 51.5 cm³/mol. The van der Waals surface area contributed by atoms with Crippen LogP contribution in [-0.4, -0.2) is 26.2 Å². The van der Waals surface area contributed by atoms with Gasteiger partial charge in [0.2, 0.25) is 0 Å². The number of halogens is 1. The molecular formula is C10H13FN2. The summed E-state index contributed by atoms with van der Waals surface area (Å²) >= 11 is 0. The topological polar surface area (TPSA) is 15.3 Å². The highest BCUT2D eigenvalue weighted by atomic mass is 18.2. The van der Waals surface area contributed by atoms with E-state index >= 15 is 0 Å². The molecule has 1 aromatic rings. The van der Waals surface area contributed by atoms with Crippen molar-refractivity contribution in [3.63, 3.8) is 0 Å². The molecule has 0 aromatic heterocycles. The lowest BCUT2D eigenvalue weighted by Gasteiger charge is -2.29. The van der Waals surface area contributed by atoms with Crippen molar-refractivity contribution >= 4 is 5.69 Å². The van der Waals surface area contributed by atoms with Crippen LogP contribution in [-0.2, 0) is 0 Å². The first-order valence-electron chi connectivity index (χ1n) is 4.57. The Bertz CT molecular complexity index is 265. The van der Waals surface area contributed by atoms with Gasteiger partial charge in [-0.1, -0.05) is 0 Å². The summed E-state index contributed by atoms with van der Waals surface area (Å²) in [5.41, 5.74) is 1.11. The summed E-state index contributed by atoms with van der Waals surface area (Å²) in [5, 5.41) is 3.28. The van der Waals surface area contributed by atoms with Crippen LogP contribution in [0, 0.1) is 5.82 Å². The number of anilines is 1. The molecule has 0 aliphatic carbocycles. The molecule has 0 bridgehead atoms. The molecule has 1 N–H and O–H groups in total. The molecule has 1 aromatic carbocycles. The van der Waals surface area contributed by atoms with Crippen LogP contribution in [0.25, 0.3) is 0 Å². The molecule has 0 unspecified atom stereocenters. The van der Waals surface area contributed by atoms with E-state index in [9.17, 15) is 4.39 Å². The number of piperazine rings is 1. The number of nitrogens with zero attached hydrogens (tertiary/aromatic N) is 1. The van der Waals surface area contributed by atoms with Crippen LogP contribution in [0.3, 0.4) is 0 Å². The van der Waals surface area contributed by atoms with Crippen LogP contribution >= 0.6 is 0 Å². The molecule has 0 atom stereocenters. The second-order valence-electron chi connectivity index (χ2n) is 3.21. The lowest BCUT2D eigenvalue weighted by molar-refractivity contribution is 0.587. The number of benzene rings is 1. The van der Waals surface area contributed by atoms with Crippen LogP contribution in [0.2, 0.25) is 0 Å². The first-order valence-corrected chi connectivity index (χ1v) is 4.57. The quantitative estimate of drug-likeness (QED) is 0.697. The summed E-state index contributed by atoms with van der Waals surface area (Å²) in [6.45, 7) is 4.03. The number of rotatable bonds is 1. The van der Waals surface area contributed by atoms with Gasteiger partial charge in [-0.15, -0.1) is 0 Å². The Morgan fingerprint density at radius 1 is 1.08 bits per heavy atom. The number of nitrogens with one attached hydrogen (secondary N) is 1. The van der Waals surface area contributed by atoms with Gasteiger partial charge in [0, 0.05) is 31.9 Å². The number of hydrogen-bond donors (Lipinski definition) is 1. The van der Waals surface area contributed by atoms with Crippen molar-refractivity contribution in [2.24, 2.45) is 0 Å². The van der Waals surface area contributed by atoms with E-state index in [-0.39, 0.29) is 5.82 Å². The third kappa shape index (κ3) is 1.98. The van der Waals surface area contributed by atoms with Crippen molar-refractivity contribution in [2.45, 2.75) is 0 Å². The Labute approximate surface area is 77.4 Å². The fourth-order valence-corrected chi connectivity index (χ4v) is 1.57. The highest BCUT2D eigenvalue weighted by Crippen LogP contribution is 2.14. The maximum Gasteiger partial charge on any atom is 0.123 e. The lowest BCUT2D eigenvalue weighted by Crippen LogP contribution is -2.43. The van der Waals surface area contributed by atoms with E-state index < -0.39 is 0 Å². The van der Waals surface area contributed by atoms with Gasteiger partial charge in [0.15, 0.2) is 0 Å². The summed E-state index contributed by atoms with van der Waals surface area (Å²) in [4.78, 5) is 2.26. The molecule has 1 saturated heterocycles. The molecule has 1 aliphatic heterocycles. The minimum atomic E-state index is -0.168. The molecule has 1 fully saturated rings. The maximum atomic E-state index is 12.6. The van der Waals surface area contributed by atoms with Crippen molar-refractivity contribution in [3.05, 3.63) is 30.1 Å². The lowest BCUT2D eigenvalue weighted by atomic mass is 10.2. The molecule has 0 radical (unpaired) electrons. The van der Waals surface area contributed by atoms with Gasteiger partial charge in [-0.05, 0) is 24.3 Å². The summed E-state index contributed by atoms with van der Waals surface area (Å²) in [5.74, 6) is -0.168. The molecule has 0 spiro atoms. The third-order valence-electron chi connectivity index (χ3n) is 2.31. The van der Waals surface area contributed by atoms with Crippen LogP contribution in [0.4, 0.5) is 10.1 Å². The van der Waals surface area contributed by atoms with Gasteiger partial charge in [0.1, 0.15) is 5.82 Å². The first-order chi connectivity index (χ1) is 6.36. The molecule has 0 saturated carbocycles. The molecule has 1 heterocycles. The summed E-state index contributed by atoms with van der Waals surface area (Å²) in [6.07, 6.45) is 0. The molecule has 3 heteroatoms. The largest absolute Gasteiger partial charge is 0.369 e. The summed E-state index contributed by atoms with van der Waals surface area (Å²) in [6, 6.07) is 6.69. The van der Waals surface area contributed by atoms with Gasteiger partial charge >= 0.3 is 0 Å². The zero-order valence-corrected chi connectivity index (χ0v) is 7.46. The first kappa shape index (κ1) is 8.51. The van der Waals surface area contributed by atoms with E-state index in [1.807, 2.05) is 12.1 Å². The molecule has 0 amide bonds. The highest BCUT2D eigenvalue weighted by Gasteiger charge is 2.09. The Hall–Kier alpha value is -1.09. The average molecular weight is 179 g/mol. The van der Waals surface area contributed by atoms with Gasteiger partial charge in [0.25, 0.3) is 0 Å². The number of hydrogen-bond acceptors (Lipinski definition) is 2. The van der Waals surface area contributed by atoms with Crippen molar-refractivity contribution in [2.75, 3.05) is 31.1 Å². The Morgan fingerprint density at radius 3 is 2.31 bits per heavy atom. The molecule has 2 rings (SSSR count). The molecule has 13 heavy (non-hydrogen) atoms. The molecule has 1 aliphatic rings. The summed E-state index contributed by atoms with van der Waals surface area (Å²) < 4.78 is 12.6. The van der Waals surface area contributed by atoms with Crippen LogP contribution in [0.15, 0.2) is 24.3 Å². The Kier molecular flexibility index (Phi) is 2.45. The van der Waals surface area contributed by atoms with Gasteiger partial charge in [-0.3, -0.25) is 0 Å². The van der Waals surface area contributed by atoms with E-state index in [0.29, 0.717) is 0 Å². The zero-order chi connectivity index (χ0) is 9.10. The van der Waals surface area contributed by atoms with E-state index in [0.717, 1.165) is 31.9 Å². The second kappa shape index (κ2) is 3.75. The minimum absolute atomic E-state index is 0.168. The minimum Gasteiger partial charge on any atom is -0.369 e. The zero-order valence-electron chi connectivity index (χ0n) is 7.46. The van der Waals surface area contributed by atoms with Gasteiger partial charge < -0.3 is 10.2 Å². The predicted octanol–water partition coefficient (Wildman–Crippen LogP) is 1.24. The standard InChI is InChI=1S/C10H13FN2/c11-9-1-3-10(4-2-9)13-7-5-12-6-8-13/h1-4,12H,5-8H2/i11-1. The van der Waals surface area contributed by atoms with Crippen molar-refractivity contribution in [1.82, 2.24) is 5.32 Å².